The lowest BCUT2D eigenvalue weighted by Crippen LogP contribution is -2.08. The van der Waals surface area contributed by atoms with Crippen LogP contribution < -0.4 is 10.1 Å². The summed E-state index contributed by atoms with van der Waals surface area (Å²) < 4.78 is 5.76. The van der Waals surface area contributed by atoms with E-state index in [0.29, 0.717) is 0 Å². The molecule has 0 saturated carbocycles. The molecule has 0 unspecified atom stereocenters. The van der Waals surface area contributed by atoms with E-state index in [2.05, 4.69) is 37.0 Å². The highest BCUT2D eigenvalue weighted by Crippen LogP contribution is 2.20. The molecule has 0 bridgehead atoms. The summed E-state index contributed by atoms with van der Waals surface area (Å²) in [6.07, 6.45) is 3.95. The van der Waals surface area contributed by atoms with Crippen LogP contribution in [0.1, 0.15) is 24.0 Å². The van der Waals surface area contributed by atoms with E-state index >= 15 is 0 Å². The largest absolute Gasteiger partial charge is 0.493 e. The predicted octanol–water partition coefficient (Wildman–Crippen LogP) is 3.06. The first kappa shape index (κ1) is 12.8. The second kappa shape index (κ2) is 7.07. The van der Waals surface area contributed by atoms with Gasteiger partial charge in [0, 0.05) is 12.1 Å². The molecule has 0 aliphatic rings. The molecule has 0 aliphatic heterocycles. The Balaban J connectivity index is 2.59. The quantitative estimate of drug-likeness (QED) is 0.562. The number of hydrogen-bond donors (Lipinski definition) is 1. The molecule has 0 aromatic heterocycles. The summed E-state index contributed by atoms with van der Waals surface area (Å²) in [5.74, 6) is 0.990. The first-order chi connectivity index (χ1) is 7.77. The van der Waals surface area contributed by atoms with Gasteiger partial charge in [0.15, 0.2) is 0 Å². The Kier molecular flexibility index (Phi) is 5.65. The van der Waals surface area contributed by atoms with Crippen LogP contribution in [0.15, 0.2) is 30.9 Å². The van der Waals surface area contributed by atoms with Gasteiger partial charge in [-0.25, -0.2) is 0 Å². The van der Waals surface area contributed by atoms with Crippen molar-refractivity contribution in [1.29, 1.82) is 0 Å². The second-order valence-corrected chi connectivity index (χ2v) is 3.92. The van der Waals surface area contributed by atoms with E-state index in [9.17, 15) is 0 Å². The molecule has 88 valence electrons. The average Bonchev–Trinajstić information content (AvgIpc) is 2.27. The van der Waals surface area contributed by atoms with Gasteiger partial charge in [-0.2, -0.15) is 0 Å². The van der Waals surface area contributed by atoms with E-state index in [0.717, 1.165) is 31.7 Å². The highest BCUT2D eigenvalue weighted by atomic mass is 16.5. The van der Waals surface area contributed by atoms with Crippen molar-refractivity contribution in [3.8, 4) is 5.75 Å². The van der Waals surface area contributed by atoms with Crippen LogP contribution in [-0.4, -0.2) is 13.7 Å². The second-order valence-electron chi connectivity index (χ2n) is 3.92. The van der Waals surface area contributed by atoms with Crippen LogP contribution in [0.3, 0.4) is 0 Å². The molecule has 0 fully saturated rings. The fourth-order valence-corrected chi connectivity index (χ4v) is 1.59. The van der Waals surface area contributed by atoms with Gasteiger partial charge in [0.05, 0.1) is 6.61 Å². The molecule has 1 rings (SSSR count). The van der Waals surface area contributed by atoms with Crippen molar-refractivity contribution in [2.24, 2.45) is 0 Å². The molecule has 0 atom stereocenters. The van der Waals surface area contributed by atoms with E-state index in [-0.39, 0.29) is 0 Å². The highest BCUT2D eigenvalue weighted by Gasteiger charge is 2.02. The average molecular weight is 219 g/mol. The van der Waals surface area contributed by atoms with Crippen molar-refractivity contribution in [3.05, 3.63) is 42.0 Å². The number of nitrogens with one attached hydrogen (secondary N) is 1. The van der Waals surface area contributed by atoms with Crippen molar-refractivity contribution >= 4 is 0 Å². The molecule has 0 aliphatic carbocycles. The summed E-state index contributed by atoms with van der Waals surface area (Å²) in [7, 11) is 1.95. The molecule has 0 spiro atoms. The number of rotatable bonds is 7. The normalized spacial score (nSPS) is 10.1. The van der Waals surface area contributed by atoms with Gasteiger partial charge in [-0.15, -0.1) is 6.58 Å². The van der Waals surface area contributed by atoms with Crippen molar-refractivity contribution in [2.75, 3.05) is 13.7 Å². The van der Waals surface area contributed by atoms with Gasteiger partial charge in [0.2, 0.25) is 0 Å². The maximum Gasteiger partial charge on any atom is 0.123 e. The fourth-order valence-electron chi connectivity index (χ4n) is 1.59. The minimum absolute atomic E-state index is 0.756. The summed E-state index contributed by atoms with van der Waals surface area (Å²) in [4.78, 5) is 0. The van der Waals surface area contributed by atoms with E-state index in [4.69, 9.17) is 4.74 Å². The first-order valence-electron chi connectivity index (χ1n) is 5.75. The van der Waals surface area contributed by atoms with Crippen LogP contribution in [0, 0.1) is 6.92 Å². The Labute approximate surface area is 98.3 Å². The Morgan fingerprint density at radius 2 is 2.25 bits per heavy atom. The predicted molar refractivity (Wildman–Crippen MR) is 68.9 cm³/mol. The lowest BCUT2D eigenvalue weighted by Gasteiger charge is -2.11. The number of aryl methyl sites for hydroxylation is 1. The molecule has 1 aromatic carbocycles. The maximum atomic E-state index is 5.76. The van der Waals surface area contributed by atoms with Crippen LogP contribution in [0.5, 0.6) is 5.75 Å². The number of ether oxygens (including phenoxy) is 1. The lowest BCUT2D eigenvalue weighted by atomic mass is 10.1. The Morgan fingerprint density at radius 3 is 2.94 bits per heavy atom. The molecule has 16 heavy (non-hydrogen) atoms. The summed E-state index contributed by atoms with van der Waals surface area (Å²) >= 11 is 0. The van der Waals surface area contributed by atoms with E-state index in [1.807, 2.05) is 13.1 Å². The molecule has 2 nitrogen and oxygen atoms in total. The standard InChI is InChI=1S/C14H21NO/c1-4-5-6-9-16-14-8-7-12(2)10-13(14)11-15-3/h4,7-8,10,15H,1,5-6,9,11H2,2-3H3. The third-order valence-electron chi connectivity index (χ3n) is 2.39. The molecule has 0 saturated heterocycles. The zero-order valence-electron chi connectivity index (χ0n) is 10.3. The smallest absolute Gasteiger partial charge is 0.123 e. The summed E-state index contributed by atoms with van der Waals surface area (Å²) in [5.41, 5.74) is 2.49. The number of hydrogen-bond acceptors (Lipinski definition) is 2. The summed E-state index contributed by atoms with van der Waals surface area (Å²) in [6, 6.07) is 6.30. The monoisotopic (exact) mass is 219 g/mol. The zero-order valence-corrected chi connectivity index (χ0v) is 10.3. The molecular weight excluding hydrogens is 198 g/mol. The number of unbranched alkanes of at least 4 members (excludes halogenated alkanes) is 1. The Hall–Kier alpha value is -1.28. The van der Waals surface area contributed by atoms with Gasteiger partial charge in [0.25, 0.3) is 0 Å². The van der Waals surface area contributed by atoms with E-state index in [1.54, 1.807) is 0 Å². The third kappa shape index (κ3) is 4.07. The van der Waals surface area contributed by atoms with Gasteiger partial charge in [-0.05, 0) is 32.9 Å². The van der Waals surface area contributed by atoms with Gasteiger partial charge >= 0.3 is 0 Å². The highest BCUT2D eigenvalue weighted by molar-refractivity contribution is 5.36. The van der Waals surface area contributed by atoms with Gasteiger partial charge in [-0.3, -0.25) is 0 Å². The van der Waals surface area contributed by atoms with Crippen molar-refractivity contribution in [3.63, 3.8) is 0 Å². The minimum atomic E-state index is 0.756. The third-order valence-corrected chi connectivity index (χ3v) is 2.39. The summed E-state index contributed by atoms with van der Waals surface area (Å²) in [5, 5.41) is 3.16. The molecule has 2 heteroatoms. The van der Waals surface area contributed by atoms with Crippen LogP contribution in [-0.2, 0) is 6.54 Å². The van der Waals surface area contributed by atoms with E-state index < -0.39 is 0 Å². The van der Waals surface area contributed by atoms with Crippen molar-refractivity contribution in [2.45, 2.75) is 26.3 Å². The number of allylic oxidation sites excluding steroid dienone is 1. The van der Waals surface area contributed by atoms with E-state index in [1.165, 1.54) is 11.1 Å². The minimum Gasteiger partial charge on any atom is -0.493 e. The summed E-state index contributed by atoms with van der Waals surface area (Å²) in [6.45, 7) is 7.40. The van der Waals surface area contributed by atoms with Gasteiger partial charge < -0.3 is 10.1 Å². The zero-order chi connectivity index (χ0) is 11.8. The fraction of sp³-hybridized carbons (Fsp3) is 0.429. The van der Waals surface area contributed by atoms with Crippen molar-refractivity contribution in [1.82, 2.24) is 5.32 Å². The Bertz CT molecular complexity index is 334. The number of benzene rings is 1. The molecule has 0 radical (unpaired) electrons. The van der Waals surface area contributed by atoms with Crippen molar-refractivity contribution < 1.29 is 4.74 Å². The topological polar surface area (TPSA) is 21.3 Å². The van der Waals surface area contributed by atoms with Crippen LogP contribution >= 0.6 is 0 Å². The van der Waals surface area contributed by atoms with Gasteiger partial charge in [-0.1, -0.05) is 23.8 Å². The van der Waals surface area contributed by atoms with Crippen LogP contribution in [0.25, 0.3) is 0 Å². The van der Waals surface area contributed by atoms with Crippen LogP contribution in [0.4, 0.5) is 0 Å². The molecular formula is C14H21NO. The van der Waals surface area contributed by atoms with Crippen LogP contribution in [0.2, 0.25) is 0 Å². The molecule has 1 N–H and O–H groups in total. The molecule has 0 amide bonds. The SMILES string of the molecule is C=CCCCOc1ccc(C)cc1CNC. The molecule has 1 aromatic rings. The maximum absolute atomic E-state index is 5.76. The van der Waals surface area contributed by atoms with Gasteiger partial charge in [0.1, 0.15) is 5.75 Å². The molecule has 0 heterocycles. The Morgan fingerprint density at radius 1 is 1.44 bits per heavy atom. The lowest BCUT2D eigenvalue weighted by molar-refractivity contribution is 0.308. The first-order valence-corrected chi connectivity index (χ1v) is 5.75.